The number of rotatable bonds is 2. The van der Waals surface area contributed by atoms with E-state index in [1.54, 1.807) is 0 Å². The zero-order valence-corrected chi connectivity index (χ0v) is 13.8. The Morgan fingerprint density at radius 2 is 1.86 bits per heavy atom. The lowest BCUT2D eigenvalue weighted by Gasteiger charge is -2.47. The molecule has 1 saturated carbocycles. The van der Waals surface area contributed by atoms with Gasteiger partial charge in [0.25, 0.3) is 0 Å². The van der Waals surface area contributed by atoms with Gasteiger partial charge < -0.3 is 15.4 Å². The van der Waals surface area contributed by atoms with Crippen LogP contribution in [-0.4, -0.2) is 54.2 Å². The van der Waals surface area contributed by atoms with Gasteiger partial charge in [-0.05, 0) is 25.7 Å². The molecule has 0 aromatic rings. The van der Waals surface area contributed by atoms with E-state index in [4.69, 9.17) is 10.5 Å². The molecule has 21 heavy (non-hydrogen) atoms. The SMILES string of the molecule is NCC1(C(=O)N2CCSC3(CCCCC3)C2)CCOCC1. The molecule has 3 rings (SSSR count). The molecule has 0 bridgehead atoms. The van der Waals surface area contributed by atoms with E-state index < -0.39 is 0 Å². The van der Waals surface area contributed by atoms with E-state index in [0.717, 1.165) is 31.7 Å². The van der Waals surface area contributed by atoms with E-state index in [2.05, 4.69) is 16.7 Å². The van der Waals surface area contributed by atoms with E-state index >= 15 is 0 Å². The van der Waals surface area contributed by atoms with E-state index in [1.807, 2.05) is 0 Å². The van der Waals surface area contributed by atoms with Crippen molar-refractivity contribution >= 4 is 17.7 Å². The summed E-state index contributed by atoms with van der Waals surface area (Å²) in [6.07, 6.45) is 8.15. The molecule has 2 aliphatic heterocycles. The van der Waals surface area contributed by atoms with Crippen LogP contribution in [0.4, 0.5) is 0 Å². The van der Waals surface area contributed by atoms with Gasteiger partial charge in [0.1, 0.15) is 0 Å². The Labute approximate surface area is 132 Å². The molecule has 1 spiro atoms. The monoisotopic (exact) mass is 312 g/mol. The Kier molecular flexibility index (Phi) is 4.81. The number of nitrogens with two attached hydrogens (primary N) is 1. The first-order valence-corrected chi connectivity index (χ1v) is 9.40. The first kappa shape index (κ1) is 15.6. The molecule has 2 N–H and O–H groups in total. The number of ether oxygens (including phenoxy) is 1. The average Bonchev–Trinajstić information content (AvgIpc) is 2.55. The summed E-state index contributed by atoms with van der Waals surface area (Å²) in [7, 11) is 0. The predicted octanol–water partition coefficient (Wildman–Crippen LogP) is 2.02. The molecule has 3 aliphatic rings. The third kappa shape index (κ3) is 3.10. The van der Waals surface area contributed by atoms with Gasteiger partial charge in [-0.3, -0.25) is 4.79 Å². The number of amides is 1. The van der Waals surface area contributed by atoms with Gasteiger partial charge in [0.15, 0.2) is 0 Å². The molecular weight excluding hydrogens is 284 g/mol. The Bertz CT molecular complexity index is 371. The highest BCUT2D eigenvalue weighted by atomic mass is 32.2. The summed E-state index contributed by atoms with van der Waals surface area (Å²) in [5.41, 5.74) is 5.66. The fraction of sp³-hybridized carbons (Fsp3) is 0.938. The number of hydrogen-bond donors (Lipinski definition) is 1. The molecule has 4 nitrogen and oxygen atoms in total. The first-order valence-electron chi connectivity index (χ1n) is 8.41. The smallest absolute Gasteiger partial charge is 0.230 e. The first-order chi connectivity index (χ1) is 10.2. The summed E-state index contributed by atoms with van der Waals surface area (Å²) in [5, 5.41) is 0. The maximum atomic E-state index is 13.1. The van der Waals surface area contributed by atoms with Crippen LogP contribution in [0.25, 0.3) is 0 Å². The number of nitrogens with zero attached hydrogens (tertiary/aromatic N) is 1. The normalized spacial score (nSPS) is 28.5. The second-order valence-corrected chi connectivity index (χ2v) is 8.48. The van der Waals surface area contributed by atoms with Crippen LogP contribution in [0, 0.1) is 5.41 Å². The Hall–Kier alpha value is -0.260. The molecule has 2 heterocycles. The van der Waals surface area contributed by atoms with Crippen LogP contribution >= 0.6 is 11.8 Å². The summed E-state index contributed by atoms with van der Waals surface area (Å²) < 4.78 is 5.78. The van der Waals surface area contributed by atoms with Gasteiger partial charge in [-0.25, -0.2) is 0 Å². The third-order valence-electron chi connectivity index (χ3n) is 5.59. The van der Waals surface area contributed by atoms with Crippen LogP contribution in [0.3, 0.4) is 0 Å². The van der Waals surface area contributed by atoms with E-state index in [9.17, 15) is 4.79 Å². The van der Waals surface area contributed by atoms with Crippen molar-refractivity contribution in [1.29, 1.82) is 0 Å². The molecule has 1 aliphatic carbocycles. The molecule has 0 atom stereocenters. The van der Waals surface area contributed by atoms with Gasteiger partial charge in [0, 0.05) is 43.3 Å². The van der Waals surface area contributed by atoms with Gasteiger partial charge >= 0.3 is 0 Å². The molecule has 0 radical (unpaired) electrons. The third-order valence-corrected chi connectivity index (χ3v) is 7.13. The predicted molar refractivity (Wildman–Crippen MR) is 86.4 cm³/mol. The summed E-state index contributed by atoms with van der Waals surface area (Å²) >= 11 is 2.11. The minimum Gasteiger partial charge on any atom is -0.381 e. The fourth-order valence-electron chi connectivity index (χ4n) is 4.12. The number of hydrogen-bond acceptors (Lipinski definition) is 4. The van der Waals surface area contributed by atoms with Crippen LogP contribution in [-0.2, 0) is 9.53 Å². The summed E-state index contributed by atoms with van der Waals surface area (Å²) in [6, 6.07) is 0. The van der Waals surface area contributed by atoms with Crippen molar-refractivity contribution in [2.24, 2.45) is 11.1 Å². The fourth-order valence-corrected chi connectivity index (χ4v) is 5.69. The number of thioether (sulfide) groups is 1. The van der Waals surface area contributed by atoms with Crippen LogP contribution in [0.2, 0.25) is 0 Å². The lowest BCUT2D eigenvalue weighted by atomic mass is 9.78. The van der Waals surface area contributed by atoms with E-state index in [0.29, 0.717) is 30.4 Å². The molecule has 1 amide bonds. The van der Waals surface area contributed by atoms with Gasteiger partial charge in [-0.15, -0.1) is 0 Å². The molecule has 3 fully saturated rings. The number of carbonyl (C=O) groups excluding carboxylic acids is 1. The lowest BCUT2D eigenvalue weighted by Crippen LogP contribution is -2.57. The summed E-state index contributed by atoms with van der Waals surface area (Å²) in [5.74, 6) is 1.39. The molecule has 0 unspecified atom stereocenters. The van der Waals surface area contributed by atoms with Gasteiger partial charge in [-0.1, -0.05) is 19.3 Å². The van der Waals surface area contributed by atoms with Crippen molar-refractivity contribution < 1.29 is 9.53 Å². The van der Waals surface area contributed by atoms with Gasteiger partial charge in [-0.2, -0.15) is 11.8 Å². The van der Waals surface area contributed by atoms with Crippen molar-refractivity contribution in [2.45, 2.75) is 49.7 Å². The highest BCUT2D eigenvalue weighted by molar-refractivity contribution is 8.00. The lowest BCUT2D eigenvalue weighted by molar-refractivity contribution is -0.147. The van der Waals surface area contributed by atoms with Crippen LogP contribution in [0.15, 0.2) is 0 Å². The summed E-state index contributed by atoms with van der Waals surface area (Å²) in [6.45, 7) is 3.66. The molecule has 0 aromatic heterocycles. The maximum absolute atomic E-state index is 13.1. The largest absolute Gasteiger partial charge is 0.381 e. The molecule has 2 saturated heterocycles. The van der Waals surface area contributed by atoms with Crippen LogP contribution in [0.5, 0.6) is 0 Å². The standard InChI is InChI=1S/C16H28N2O2S/c17-12-15(6-9-20-10-7-15)14(19)18-8-11-21-16(13-18)4-2-1-3-5-16/h1-13,17H2. The van der Waals surface area contributed by atoms with Crippen molar-refractivity contribution in [1.82, 2.24) is 4.90 Å². The highest BCUT2D eigenvalue weighted by Crippen LogP contribution is 2.44. The molecule has 120 valence electrons. The average molecular weight is 312 g/mol. The van der Waals surface area contributed by atoms with Crippen LogP contribution in [0.1, 0.15) is 44.9 Å². The van der Waals surface area contributed by atoms with Crippen molar-refractivity contribution in [3.8, 4) is 0 Å². The quantitative estimate of drug-likeness (QED) is 0.847. The second kappa shape index (κ2) is 6.47. The topological polar surface area (TPSA) is 55.6 Å². The Morgan fingerprint density at radius 3 is 2.52 bits per heavy atom. The number of carbonyl (C=O) groups is 1. The van der Waals surface area contributed by atoms with Gasteiger partial charge in [0.2, 0.25) is 5.91 Å². The minimum atomic E-state index is -0.351. The maximum Gasteiger partial charge on any atom is 0.230 e. The van der Waals surface area contributed by atoms with Gasteiger partial charge in [0.05, 0.1) is 5.41 Å². The second-order valence-electron chi connectivity index (χ2n) is 6.92. The van der Waals surface area contributed by atoms with Crippen molar-refractivity contribution in [2.75, 3.05) is 38.6 Å². The molecule has 5 heteroatoms. The zero-order chi connectivity index (χ0) is 14.8. The van der Waals surface area contributed by atoms with E-state index in [-0.39, 0.29) is 5.41 Å². The molecular formula is C16H28N2O2S. The van der Waals surface area contributed by atoms with Crippen molar-refractivity contribution in [3.63, 3.8) is 0 Å². The highest BCUT2D eigenvalue weighted by Gasteiger charge is 2.45. The van der Waals surface area contributed by atoms with E-state index in [1.165, 1.54) is 32.1 Å². The summed E-state index contributed by atoms with van der Waals surface area (Å²) in [4.78, 5) is 15.3. The Balaban J connectivity index is 1.71. The Morgan fingerprint density at radius 1 is 1.14 bits per heavy atom. The van der Waals surface area contributed by atoms with Crippen LogP contribution < -0.4 is 5.73 Å². The minimum absolute atomic E-state index is 0.304. The van der Waals surface area contributed by atoms with Crippen molar-refractivity contribution in [3.05, 3.63) is 0 Å². The zero-order valence-electron chi connectivity index (χ0n) is 12.9. The molecule has 0 aromatic carbocycles.